The Labute approximate surface area is 380 Å². The fourth-order valence-electron chi connectivity index (χ4n) is 8.49. The summed E-state index contributed by atoms with van der Waals surface area (Å²) in [5.74, 6) is -0.568. The first-order valence-electron chi connectivity index (χ1n) is 21.8. The first kappa shape index (κ1) is 52.5. The van der Waals surface area contributed by atoms with Crippen molar-refractivity contribution in [2.24, 2.45) is 0 Å². The molecule has 0 N–H and O–H groups in total. The summed E-state index contributed by atoms with van der Waals surface area (Å²) in [7, 11) is -11.5. The third kappa shape index (κ3) is 15.2. The van der Waals surface area contributed by atoms with E-state index in [4.69, 9.17) is 0 Å². The summed E-state index contributed by atoms with van der Waals surface area (Å²) in [6, 6.07) is 10.5. The molecule has 0 aliphatic carbocycles. The second-order valence-corrected chi connectivity index (χ2v) is 22.3. The largest absolute Gasteiger partial charge is 0.748 e. The zero-order valence-electron chi connectivity index (χ0n) is 37.9. The highest BCUT2D eigenvalue weighted by Gasteiger charge is 2.44. The third-order valence-electron chi connectivity index (χ3n) is 11.7. The molecule has 0 spiro atoms. The van der Waals surface area contributed by atoms with Crippen molar-refractivity contribution in [1.82, 2.24) is 4.90 Å². The molecule has 14 nitrogen and oxygen atoms in total. The molecular weight excluding hydrogens is 879 g/mol. The van der Waals surface area contributed by atoms with Crippen molar-refractivity contribution in [3.8, 4) is 0 Å². The molecule has 2 aromatic rings. The van der Waals surface area contributed by atoms with E-state index < -0.39 is 52.7 Å². The SMILES string of the molecule is CC(=O)CCCCCCC(=O)CN(C)Cc1ccc2c(c1)C(C)(C)C(=CC=CC=CC=CC1=[N+](CCCCS(=O)(=O)[O-])c3ccc(S(=O)(=O)[O-])cc3C1(C)C)N2CCCCS(=O)(=O)[O-]. The number of ketones is 2. The van der Waals surface area contributed by atoms with Crippen LogP contribution in [0.3, 0.4) is 0 Å². The van der Waals surface area contributed by atoms with Gasteiger partial charge in [-0.3, -0.25) is 9.69 Å². The van der Waals surface area contributed by atoms with Crippen LogP contribution in [0.25, 0.3) is 0 Å². The van der Waals surface area contributed by atoms with Crippen molar-refractivity contribution >= 4 is 59.0 Å². The topological polar surface area (TPSA) is 215 Å². The molecule has 2 aliphatic rings. The number of fused-ring (bicyclic) bond motifs is 2. The molecule has 0 aromatic heterocycles. The number of allylic oxidation sites excluding steroid dienone is 8. The fraction of sp³-hybridized carbons (Fsp3) is 0.511. The zero-order chi connectivity index (χ0) is 47.5. The van der Waals surface area contributed by atoms with E-state index in [-0.39, 0.29) is 29.3 Å². The highest BCUT2D eigenvalue weighted by atomic mass is 32.2. The summed E-state index contributed by atoms with van der Waals surface area (Å²) in [5.41, 5.74) is 5.04. The van der Waals surface area contributed by atoms with Crippen LogP contribution in [0, 0.1) is 0 Å². The number of Topliss-reactive ketones (excluding diaryl/α,β-unsaturated/α-hetero) is 2. The molecule has 2 aromatic carbocycles. The molecule has 0 radical (unpaired) electrons. The number of carbonyl (C=O) groups is 2. The maximum Gasteiger partial charge on any atom is 0.209 e. The summed E-state index contributed by atoms with van der Waals surface area (Å²) in [5, 5.41) is 0. The van der Waals surface area contributed by atoms with E-state index in [9.17, 15) is 48.5 Å². The minimum Gasteiger partial charge on any atom is -0.748 e. The molecule has 0 fully saturated rings. The summed E-state index contributed by atoms with van der Waals surface area (Å²) in [4.78, 5) is 27.7. The molecular formula is C47H63N3O11S3-2. The highest BCUT2D eigenvalue weighted by molar-refractivity contribution is 7.86. The molecule has 0 saturated heterocycles. The number of anilines is 1. The van der Waals surface area contributed by atoms with Gasteiger partial charge in [-0.2, -0.15) is 4.58 Å². The van der Waals surface area contributed by atoms with Crippen LogP contribution in [0.2, 0.25) is 0 Å². The molecule has 0 amide bonds. The van der Waals surface area contributed by atoms with E-state index in [0.29, 0.717) is 63.1 Å². The Morgan fingerprint density at radius 2 is 1.34 bits per heavy atom. The molecule has 17 heteroatoms. The highest BCUT2D eigenvalue weighted by Crippen LogP contribution is 2.48. The molecule has 0 bridgehead atoms. The van der Waals surface area contributed by atoms with Crippen LogP contribution in [0.4, 0.5) is 11.4 Å². The molecule has 4 rings (SSSR count). The molecule has 0 unspecified atom stereocenters. The van der Waals surface area contributed by atoms with Gasteiger partial charge in [-0.1, -0.05) is 69.2 Å². The molecule has 0 saturated carbocycles. The smallest absolute Gasteiger partial charge is 0.209 e. The average molecular weight is 942 g/mol. The lowest BCUT2D eigenvalue weighted by Crippen LogP contribution is -2.28. The van der Waals surface area contributed by atoms with Crippen LogP contribution in [-0.2, 0) is 57.3 Å². The van der Waals surface area contributed by atoms with Gasteiger partial charge < -0.3 is 23.4 Å². The van der Waals surface area contributed by atoms with Gasteiger partial charge in [0.1, 0.15) is 28.2 Å². The normalized spacial score (nSPS) is 16.9. The van der Waals surface area contributed by atoms with Gasteiger partial charge >= 0.3 is 0 Å². The lowest BCUT2D eigenvalue weighted by Gasteiger charge is -2.27. The summed E-state index contributed by atoms with van der Waals surface area (Å²) >= 11 is 0. The first-order chi connectivity index (χ1) is 29.8. The number of benzene rings is 2. The van der Waals surface area contributed by atoms with Crippen molar-refractivity contribution in [2.75, 3.05) is 43.1 Å². The van der Waals surface area contributed by atoms with Gasteiger partial charge in [-0.25, -0.2) is 25.3 Å². The van der Waals surface area contributed by atoms with E-state index >= 15 is 0 Å². The van der Waals surface area contributed by atoms with Crippen LogP contribution in [0.15, 0.2) is 89.5 Å². The summed E-state index contributed by atoms with van der Waals surface area (Å²) < 4.78 is 105. The standard InChI is InChI=1S/C47H65N3O11S3/c1-36(51)20-12-10-11-13-21-38(52)35-48(6)34-37-24-26-42-40(32-37)46(2,3)44(49(42)28-16-18-30-62(53,54)55)22-14-8-7-9-15-23-45-47(4,5)41-33-39(64(59,60)61)25-27-43(41)50(45)29-17-19-31-63(56,57)58/h7-9,14-15,22-27,32-33H,10-13,16-21,28-31,34-35H2,1-6H3,(H2-,53,54,55,56,57,58,59,60,61)/p-2. The van der Waals surface area contributed by atoms with Gasteiger partial charge in [0.05, 0.1) is 37.1 Å². The van der Waals surface area contributed by atoms with Gasteiger partial charge in [-0.05, 0) is 95.3 Å². The summed E-state index contributed by atoms with van der Waals surface area (Å²) in [6.07, 6.45) is 19.0. The van der Waals surface area contributed by atoms with Crippen LogP contribution in [0.5, 0.6) is 0 Å². The Bertz CT molecular complexity index is 2520. The number of hydrogen-bond acceptors (Lipinski definition) is 13. The average Bonchev–Trinajstić information content (AvgIpc) is 3.52. The fourth-order valence-corrected chi connectivity index (χ4v) is 10.1. The lowest BCUT2D eigenvalue weighted by atomic mass is 9.81. The number of rotatable bonds is 26. The second-order valence-electron chi connectivity index (χ2n) is 17.9. The van der Waals surface area contributed by atoms with Crippen LogP contribution < -0.4 is 4.90 Å². The van der Waals surface area contributed by atoms with Crippen molar-refractivity contribution < 1.29 is 53.1 Å². The molecule has 0 atom stereocenters. The Morgan fingerprint density at radius 3 is 1.98 bits per heavy atom. The van der Waals surface area contributed by atoms with Crippen LogP contribution in [0.1, 0.15) is 116 Å². The molecule has 2 aliphatic heterocycles. The Morgan fingerprint density at radius 1 is 0.719 bits per heavy atom. The van der Waals surface area contributed by atoms with Crippen LogP contribution in [-0.4, -0.2) is 104 Å². The van der Waals surface area contributed by atoms with E-state index in [0.717, 1.165) is 53.9 Å². The van der Waals surface area contributed by atoms with Crippen molar-refractivity contribution in [3.05, 3.63) is 101 Å². The maximum absolute atomic E-state index is 12.7. The Kier molecular flexibility index (Phi) is 18.4. The Balaban J connectivity index is 1.52. The summed E-state index contributed by atoms with van der Waals surface area (Å²) in [6.45, 7) is 11.4. The molecule has 2 heterocycles. The molecule has 352 valence electrons. The van der Waals surface area contributed by atoms with Gasteiger partial charge in [0, 0.05) is 78.4 Å². The monoisotopic (exact) mass is 941 g/mol. The minimum absolute atomic E-state index is 0.150. The number of nitrogens with zero attached hydrogens (tertiary/aromatic N) is 3. The third-order valence-corrected chi connectivity index (χ3v) is 14.2. The number of carbonyl (C=O) groups excluding carboxylic acids is 2. The predicted molar refractivity (Wildman–Crippen MR) is 247 cm³/mol. The Hall–Kier alpha value is -4.10. The lowest BCUT2D eigenvalue weighted by molar-refractivity contribution is -0.438. The van der Waals surface area contributed by atoms with E-state index in [1.807, 2.05) is 79.0 Å². The number of likely N-dealkylation sites (N-methyl/N-ethyl adjacent to an activating group) is 1. The van der Waals surface area contributed by atoms with E-state index in [1.165, 1.54) is 12.1 Å². The van der Waals surface area contributed by atoms with E-state index in [2.05, 4.69) is 30.9 Å². The first-order valence-corrected chi connectivity index (χ1v) is 26.3. The van der Waals surface area contributed by atoms with Gasteiger partial charge in [0.25, 0.3) is 0 Å². The second kappa shape index (κ2) is 22.4. The quantitative estimate of drug-likeness (QED) is 0.0407. The predicted octanol–water partition coefficient (Wildman–Crippen LogP) is 6.90. The van der Waals surface area contributed by atoms with Crippen molar-refractivity contribution in [2.45, 2.75) is 121 Å². The van der Waals surface area contributed by atoms with E-state index in [1.54, 1.807) is 13.0 Å². The zero-order valence-corrected chi connectivity index (χ0v) is 40.3. The van der Waals surface area contributed by atoms with Crippen molar-refractivity contribution in [3.63, 3.8) is 0 Å². The molecule has 64 heavy (non-hydrogen) atoms. The van der Waals surface area contributed by atoms with Gasteiger partial charge in [-0.15, -0.1) is 0 Å². The number of hydrogen-bond donors (Lipinski definition) is 0. The van der Waals surface area contributed by atoms with Crippen LogP contribution >= 0.6 is 0 Å². The van der Waals surface area contributed by atoms with Gasteiger partial charge in [0.2, 0.25) is 5.69 Å². The van der Waals surface area contributed by atoms with Gasteiger partial charge in [0.15, 0.2) is 5.71 Å². The number of unbranched alkanes of at least 4 members (excludes halogenated alkanes) is 5. The minimum atomic E-state index is -4.71. The van der Waals surface area contributed by atoms with Crippen molar-refractivity contribution in [1.29, 1.82) is 0 Å². The maximum atomic E-state index is 12.7.